The minimum atomic E-state index is -5.04. The number of carbonyl (C=O) groups excluding carboxylic acids is 1. The maximum absolute atomic E-state index is 13.3. The summed E-state index contributed by atoms with van der Waals surface area (Å²) in [5, 5.41) is 6.07. The standard InChI is InChI=1S/C18H11F6N3O2/c19-17(20,21)11-3-5-15(14(8-11)18(22,23)24)27-10-12(9-25-27)26-16(28)6-4-13-2-1-7-29-13/h1-10H,(H,26,28). The highest BCUT2D eigenvalue weighted by Gasteiger charge is 2.38. The monoisotopic (exact) mass is 415 g/mol. The van der Waals surface area contributed by atoms with Gasteiger partial charge in [0.05, 0.1) is 41.2 Å². The molecule has 0 aliphatic rings. The van der Waals surface area contributed by atoms with E-state index in [1.807, 2.05) is 0 Å². The molecule has 1 aromatic carbocycles. The highest BCUT2D eigenvalue weighted by atomic mass is 19.4. The lowest BCUT2D eigenvalue weighted by Crippen LogP contribution is -2.14. The number of benzene rings is 1. The van der Waals surface area contributed by atoms with E-state index in [0.29, 0.717) is 17.9 Å². The van der Waals surface area contributed by atoms with Gasteiger partial charge in [-0.1, -0.05) is 0 Å². The highest BCUT2D eigenvalue weighted by Crippen LogP contribution is 2.38. The molecule has 1 amide bonds. The van der Waals surface area contributed by atoms with Crippen molar-refractivity contribution >= 4 is 17.7 Å². The van der Waals surface area contributed by atoms with Gasteiger partial charge >= 0.3 is 12.4 Å². The second kappa shape index (κ2) is 7.49. The number of furan rings is 1. The SMILES string of the molecule is O=C(C=Cc1ccco1)Nc1cnn(-c2ccc(C(F)(F)F)cc2C(F)(F)F)c1. The fourth-order valence-electron chi connectivity index (χ4n) is 2.39. The second-order valence-electron chi connectivity index (χ2n) is 5.74. The third-order valence-electron chi connectivity index (χ3n) is 3.67. The Bertz CT molecular complexity index is 1030. The Hall–Kier alpha value is -3.50. The molecule has 0 fully saturated rings. The molecule has 1 N–H and O–H groups in total. The average Bonchev–Trinajstić information content (AvgIpc) is 3.30. The molecule has 5 nitrogen and oxygen atoms in total. The van der Waals surface area contributed by atoms with Crippen molar-refractivity contribution in [3.8, 4) is 5.69 Å². The quantitative estimate of drug-likeness (QED) is 0.473. The van der Waals surface area contributed by atoms with Crippen molar-refractivity contribution in [2.24, 2.45) is 0 Å². The van der Waals surface area contributed by atoms with Gasteiger partial charge in [-0.25, -0.2) is 4.68 Å². The minimum absolute atomic E-state index is 0.0152. The van der Waals surface area contributed by atoms with Crippen molar-refractivity contribution in [1.29, 1.82) is 0 Å². The van der Waals surface area contributed by atoms with Crippen LogP contribution in [0.4, 0.5) is 32.0 Å². The van der Waals surface area contributed by atoms with Gasteiger partial charge in [-0.3, -0.25) is 4.79 Å². The fourth-order valence-corrected chi connectivity index (χ4v) is 2.39. The largest absolute Gasteiger partial charge is 0.465 e. The molecule has 0 radical (unpaired) electrons. The first-order valence-corrected chi connectivity index (χ1v) is 7.90. The van der Waals surface area contributed by atoms with E-state index in [9.17, 15) is 31.1 Å². The number of alkyl halides is 6. The first kappa shape index (κ1) is 20.2. The number of hydrogen-bond donors (Lipinski definition) is 1. The highest BCUT2D eigenvalue weighted by molar-refractivity contribution is 6.01. The molecule has 152 valence electrons. The molecule has 2 aromatic heterocycles. The van der Waals surface area contributed by atoms with Crippen LogP contribution < -0.4 is 5.32 Å². The van der Waals surface area contributed by atoms with Crippen LogP contribution in [0.5, 0.6) is 0 Å². The molecule has 0 aliphatic carbocycles. The summed E-state index contributed by atoms with van der Waals surface area (Å²) in [4.78, 5) is 11.9. The van der Waals surface area contributed by atoms with E-state index in [0.717, 1.165) is 23.2 Å². The number of amides is 1. The molecule has 3 aromatic rings. The summed E-state index contributed by atoms with van der Waals surface area (Å²) in [5.74, 6) is -0.195. The number of halogens is 6. The maximum Gasteiger partial charge on any atom is 0.418 e. The molecular weight excluding hydrogens is 404 g/mol. The van der Waals surface area contributed by atoms with E-state index in [1.165, 1.54) is 12.3 Å². The average molecular weight is 415 g/mol. The van der Waals surface area contributed by atoms with Crippen LogP contribution in [0.15, 0.2) is 59.5 Å². The number of aromatic nitrogens is 2. The summed E-state index contributed by atoms with van der Waals surface area (Å²) in [6, 6.07) is 4.42. The Balaban J connectivity index is 1.85. The van der Waals surface area contributed by atoms with Crippen LogP contribution in [-0.4, -0.2) is 15.7 Å². The molecule has 2 heterocycles. The molecule has 29 heavy (non-hydrogen) atoms. The van der Waals surface area contributed by atoms with Crippen molar-refractivity contribution in [3.05, 3.63) is 72.0 Å². The molecule has 0 saturated carbocycles. The number of nitrogens with one attached hydrogen (secondary N) is 1. The van der Waals surface area contributed by atoms with E-state index < -0.39 is 35.1 Å². The Kier molecular flexibility index (Phi) is 5.23. The Morgan fingerprint density at radius 3 is 2.48 bits per heavy atom. The number of carbonyl (C=O) groups is 1. The fraction of sp³-hybridized carbons (Fsp3) is 0.111. The molecule has 0 unspecified atom stereocenters. The summed E-state index contributed by atoms with van der Waals surface area (Å²) in [5.41, 5.74) is -3.51. The molecule has 11 heteroatoms. The topological polar surface area (TPSA) is 60.1 Å². The van der Waals surface area contributed by atoms with Crippen molar-refractivity contribution in [2.75, 3.05) is 5.32 Å². The second-order valence-corrected chi connectivity index (χ2v) is 5.74. The van der Waals surface area contributed by atoms with Gasteiger partial charge in [0.25, 0.3) is 0 Å². The Morgan fingerprint density at radius 2 is 1.86 bits per heavy atom. The van der Waals surface area contributed by atoms with Gasteiger partial charge in [-0.15, -0.1) is 0 Å². The van der Waals surface area contributed by atoms with E-state index in [4.69, 9.17) is 4.42 Å². The van der Waals surface area contributed by atoms with Gasteiger partial charge in [0.2, 0.25) is 5.91 Å². The first-order valence-electron chi connectivity index (χ1n) is 7.90. The number of rotatable bonds is 4. The zero-order valence-corrected chi connectivity index (χ0v) is 14.3. The number of hydrogen-bond acceptors (Lipinski definition) is 3. The first-order chi connectivity index (χ1) is 13.5. The summed E-state index contributed by atoms with van der Waals surface area (Å²) in [6.07, 6.45) is -3.94. The molecule has 0 spiro atoms. The molecule has 0 saturated heterocycles. The van der Waals surface area contributed by atoms with Crippen LogP contribution >= 0.6 is 0 Å². The van der Waals surface area contributed by atoms with Crippen LogP contribution in [0.25, 0.3) is 11.8 Å². The van der Waals surface area contributed by atoms with Gasteiger partial charge in [-0.05, 0) is 36.4 Å². The van der Waals surface area contributed by atoms with Gasteiger partial charge < -0.3 is 9.73 Å². The maximum atomic E-state index is 13.3. The molecular formula is C18H11F6N3O2. The van der Waals surface area contributed by atoms with Crippen molar-refractivity contribution in [3.63, 3.8) is 0 Å². The lowest BCUT2D eigenvalue weighted by atomic mass is 10.1. The van der Waals surface area contributed by atoms with Gasteiger partial charge in [0.1, 0.15) is 5.76 Å². The van der Waals surface area contributed by atoms with Crippen LogP contribution in [0.3, 0.4) is 0 Å². The normalized spacial score (nSPS) is 12.5. The molecule has 3 rings (SSSR count). The molecule has 0 atom stereocenters. The smallest absolute Gasteiger partial charge is 0.418 e. The third-order valence-corrected chi connectivity index (χ3v) is 3.67. The number of nitrogens with zero attached hydrogens (tertiary/aromatic N) is 2. The Labute approximate surface area is 159 Å². The zero-order valence-electron chi connectivity index (χ0n) is 14.3. The van der Waals surface area contributed by atoms with Crippen molar-refractivity contribution in [2.45, 2.75) is 12.4 Å². The van der Waals surface area contributed by atoms with Gasteiger partial charge in [-0.2, -0.15) is 31.4 Å². The predicted molar refractivity (Wildman–Crippen MR) is 89.9 cm³/mol. The van der Waals surface area contributed by atoms with Crippen LogP contribution in [-0.2, 0) is 17.1 Å². The van der Waals surface area contributed by atoms with Gasteiger partial charge in [0, 0.05) is 6.08 Å². The Morgan fingerprint density at radius 1 is 1.10 bits per heavy atom. The van der Waals surface area contributed by atoms with Crippen LogP contribution in [0, 0.1) is 0 Å². The van der Waals surface area contributed by atoms with E-state index in [2.05, 4.69) is 10.4 Å². The molecule has 0 aliphatic heterocycles. The third kappa shape index (κ3) is 4.86. The van der Waals surface area contributed by atoms with E-state index >= 15 is 0 Å². The number of anilines is 1. The lowest BCUT2D eigenvalue weighted by molar-refractivity contribution is -0.143. The van der Waals surface area contributed by atoms with Crippen molar-refractivity contribution in [1.82, 2.24) is 9.78 Å². The zero-order chi connectivity index (χ0) is 21.2. The van der Waals surface area contributed by atoms with Gasteiger partial charge in [0.15, 0.2) is 0 Å². The lowest BCUT2D eigenvalue weighted by Gasteiger charge is -2.15. The predicted octanol–water partition coefficient (Wildman–Crippen LogP) is 5.15. The summed E-state index contributed by atoms with van der Waals surface area (Å²) < 4.78 is 83.8. The summed E-state index contributed by atoms with van der Waals surface area (Å²) in [7, 11) is 0. The van der Waals surface area contributed by atoms with Crippen molar-refractivity contribution < 1.29 is 35.6 Å². The molecule has 0 bridgehead atoms. The summed E-state index contributed by atoms with van der Waals surface area (Å²) >= 11 is 0. The summed E-state index contributed by atoms with van der Waals surface area (Å²) in [6.45, 7) is 0. The minimum Gasteiger partial charge on any atom is -0.465 e. The van der Waals surface area contributed by atoms with E-state index in [1.54, 1.807) is 12.1 Å². The van der Waals surface area contributed by atoms with Crippen LogP contribution in [0.1, 0.15) is 16.9 Å². The van der Waals surface area contributed by atoms with Crippen LogP contribution in [0.2, 0.25) is 0 Å². The van der Waals surface area contributed by atoms with E-state index in [-0.39, 0.29) is 11.8 Å².